The summed E-state index contributed by atoms with van der Waals surface area (Å²) in [6, 6.07) is 9.92. The summed E-state index contributed by atoms with van der Waals surface area (Å²) in [7, 11) is 4.73. The van der Waals surface area contributed by atoms with Crippen LogP contribution in [0.2, 0.25) is 0 Å². The number of amides is 1. The molecule has 4 rings (SSSR count). The fraction of sp³-hybridized carbons (Fsp3) is 0.417. The first-order valence-corrected chi connectivity index (χ1v) is 10.8. The Kier molecular flexibility index (Phi) is 6.39. The first-order valence-electron chi connectivity index (χ1n) is 10.8. The average molecular weight is 439 g/mol. The number of hydrogen-bond acceptors (Lipinski definition) is 6. The highest BCUT2D eigenvalue weighted by molar-refractivity contribution is 5.80. The number of hydrogen-bond donors (Lipinski definition) is 2. The van der Waals surface area contributed by atoms with Gasteiger partial charge in [0.05, 0.1) is 32.4 Å². The van der Waals surface area contributed by atoms with Crippen molar-refractivity contribution in [2.45, 2.75) is 26.3 Å². The molecule has 0 unspecified atom stereocenters. The van der Waals surface area contributed by atoms with E-state index in [0.717, 1.165) is 48.5 Å². The van der Waals surface area contributed by atoms with Crippen molar-refractivity contribution in [3.8, 4) is 17.2 Å². The van der Waals surface area contributed by atoms with Gasteiger partial charge < -0.3 is 29.4 Å². The molecule has 0 spiro atoms. The van der Waals surface area contributed by atoms with Crippen LogP contribution in [0.1, 0.15) is 24.0 Å². The predicted molar refractivity (Wildman–Crippen MR) is 124 cm³/mol. The van der Waals surface area contributed by atoms with E-state index in [4.69, 9.17) is 19.2 Å². The predicted octanol–water partition coefficient (Wildman–Crippen LogP) is 3.43. The van der Waals surface area contributed by atoms with Crippen LogP contribution in [0.25, 0.3) is 11.0 Å². The van der Waals surface area contributed by atoms with E-state index < -0.39 is 0 Å². The fourth-order valence-electron chi connectivity index (χ4n) is 4.18. The van der Waals surface area contributed by atoms with Crippen molar-refractivity contribution in [1.29, 1.82) is 0 Å². The number of methoxy groups -OCH3 is 3. The molecular weight excluding hydrogens is 408 g/mol. The lowest BCUT2D eigenvalue weighted by Crippen LogP contribution is -2.40. The Balaban J connectivity index is 1.34. The second kappa shape index (κ2) is 9.38. The van der Waals surface area contributed by atoms with Crippen molar-refractivity contribution >= 4 is 22.9 Å². The number of carbonyl (C=O) groups is 1. The molecule has 0 atom stereocenters. The topological polar surface area (TPSA) is 88.7 Å². The molecule has 1 fully saturated rings. The van der Waals surface area contributed by atoms with Gasteiger partial charge >= 0.3 is 0 Å². The minimum absolute atomic E-state index is 0.0140. The number of nitrogens with zero attached hydrogens (tertiary/aromatic N) is 2. The molecule has 1 amide bonds. The number of aromatic nitrogens is 2. The van der Waals surface area contributed by atoms with E-state index in [2.05, 4.69) is 34.3 Å². The molecule has 0 aliphatic carbocycles. The van der Waals surface area contributed by atoms with Gasteiger partial charge in [-0.25, -0.2) is 4.98 Å². The molecule has 8 heteroatoms. The third kappa shape index (κ3) is 4.44. The Hall–Kier alpha value is -3.42. The van der Waals surface area contributed by atoms with Crippen molar-refractivity contribution < 1.29 is 19.0 Å². The van der Waals surface area contributed by atoms with Crippen LogP contribution in [0.15, 0.2) is 30.3 Å². The van der Waals surface area contributed by atoms with Crippen molar-refractivity contribution in [3.63, 3.8) is 0 Å². The Morgan fingerprint density at radius 1 is 1.09 bits per heavy atom. The lowest BCUT2D eigenvalue weighted by Gasteiger charge is -2.31. The highest BCUT2D eigenvalue weighted by Crippen LogP contribution is 2.38. The summed E-state index contributed by atoms with van der Waals surface area (Å²) in [5.41, 5.74) is 4.11. The standard InChI is InChI=1S/C24H30N4O4/c1-15-5-6-18-19(11-15)27-24(26-18)28-9-7-17(8-10-28)23(29)25-14-16-12-20(30-2)22(32-4)21(13-16)31-3/h5-6,11-13,17H,7-10,14H2,1-4H3,(H,25,29)(H,26,27). The maximum absolute atomic E-state index is 12.8. The van der Waals surface area contributed by atoms with Gasteiger partial charge in [-0.1, -0.05) is 6.07 Å². The van der Waals surface area contributed by atoms with Gasteiger partial charge in [0.15, 0.2) is 11.5 Å². The van der Waals surface area contributed by atoms with Crippen molar-refractivity contribution in [3.05, 3.63) is 41.5 Å². The smallest absolute Gasteiger partial charge is 0.223 e. The molecule has 3 aromatic rings. The molecule has 0 radical (unpaired) electrons. The van der Waals surface area contributed by atoms with E-state index in [9.17, 15) is 4.79 Å². The van der Waals surface area contributed by atoms with E-state index in [0.29, 0.717) is 23.8 Å². The number of aromatic amines is 1. The Morgan fingerprint density at radius 3 is 2.41 bits per heavy atom. The van der Waals surface area contributed by atoms with E-state index in [1.807, 2.05) is 18.2 Å². The van der Waals surface area contributed by atoms with Gasteiger partial charge in [-0.2, -0.15) is 0 Å². The molecule has 1 aliphatic rings. The zero-order valence-electron chi connectivity index (χ0n) is 19.0. The molecule has 2 N–H and O–H groups in total. The van der Waals surface area contributed by atoms with Crippen LogP contribution in [0.5, 0.6) is 17.2 Å². The number of piperidine rings is 1. The minimum Gasteiger partial charge on any atom is -0.493 e. The summed E-state index contributed by atoms with van der Waals surface area (Å²) < 4.78 is 16.1. The summed E-state index contributed by atoms with van der Waals surface area (Å²) in [6.45, 7) is 4.06. The number of H-pyrrole nitrogens is 1. The maximum atomic E-state index is 12.8. The molecular formula is C24H30N4O4. The quantitative estimate of drug-likeness (QED) is 0.588. The van der Waals surface area contributed by atoms with Crippen LogP contribution in [-0.4, -0.2) is 50.3 Å². The van der Waals surface area contributed by atoms with Crippen LogP contribution in [-0.2, 0) is 11.3 Å². The third-order valence-corrected chi connectivity index (χ3v) is 5.98. The molecule has 170 valence electrons. The number of benzene rings is 2. The van der Waals surface area contributed by atoms with Crippen LogP contribution in [0, 0.1) is 12.8 Å². The highest BCUT2D eigenvalue weighted by atomic mass is 16.5. The SMILES string of the molecule is COc1cc(CNC(=O)C2CCN(c3nc4ccc(C)cc4[nH]3)CC2)cc(OC)c1OC. The van der Waals surface area contributed by atoms with Crippen LogP contribution < -0.4 is 24.4 Å². The van der Waals surface area contributed by atoms with E-state index in [-0.39, 0.29) is 11.8 Å². The highest BCUT2D eigenvalue weighted by Gasteiger charge is 2.26. The zero-order chi connectivity index (χ0) is 22.7. The molecule has 1 saturated heterocycles. The molecule has 2 heterocycles. The van der Waals surface area contributed by atoms with Gasteiger partial charge in [0.25, 0.3) is 0 Å². The fourth-order valence-corrected chi connectivity index (χ4v) is 4.18. The number of fused-ring (bicyclic) bond motifs is 1. The molecule has 8 nitrogen and oxygen atoms in total. The summed E-state index contributed by atoms with van der Waals surface area (Å²) in [5.74, 6) is 2.62. The monoisotopic (exact) mass is 438 g/mol. The van der Waals surface area contributed by atoms with Crippen LogP contribution in [0.3, 0.4) is 0 Å². The van der Waals surface area contributed by atoms with E-state index in [1.165, 1.54) is 5.56 Å². The number of imidazole rings is 1. The number of carbonyl (C=O) groups excluding carboxylic acids is 1. The summed E-state index contributed by atoms with van der Waals surface area (Å²) >= 11 is 0. The molecule has 32 heavy (non-hydrogen) atoms. The maximum Gasteiger partial charge on any atom is 0.223 e. The minimum atomic E-state index is -0.0140. The zero-order valence-corrected chi connectivity index (χ0v) is 19.0. The first kappa shape index (κ1) is 21.8. The van der Waals surface area contributed by atoms with Gasteiger partial charge in [-0.3, -0.25) is 4.79 Å². The molecule has 2 aromatic carbocycles. The number of aryl methyl sites for hydroxylation is 1. The molecule has 1 aliphatic heterocycles. The molecule has 1 aromatic heterocycles. The Morgan fingerprint density at radius 2 is 1.78 bits per heavy atom. The lowest BCUT2D eigenvalue weighted by atomic mass is 9.96. The summed E-state index contributed by atoms with van der Waals surface area (Å²) in [5, 5.41) is 3.06. The largest absolute Gasteiger partial charge is 0.493 e. The van der Waals surface area contributed by atoms with Crippen molar-refractivity contribution in [2.24, 2.45) is 5.92 Å². The third-order valence-electron chi connectivity index (χ3n) is 5.98. The molecule has 0 bridgehead atoms. The van der Waals surface area contributed by atoms with E-state index >= 15 is 0 Å². The van der Waals surface area contributed by atoms with Gasteiger partial charge in [-0.05, 0) is 55.2 Å². The van der Waals surface area contributed by atoms with Crippen LogP contribution in [0.4, 0.5) is 5.95 Å². The second-order valence-electron chi connectivity index (χ2n) is 8.09. The second-order valence-corrected chi connectivity index (χ2v) is 8.09. The summed E-state index contributed by atoms with van der Waals surface area (Å²) in [6.07, 6.45) is 1.58. The summed E-state index contributed by atoms with van der Waals surface area (Å²) in [4.78, 5) is 23.1. The number of nitrogens with one attached hydrogen (secondary N) is 2. The van der Waals surface area contributed by atoms with Gasteiger partial charge in [0, 0.05) is 25.6 Å². The van der Waals surface area contributed by atoms with Gasteiger partial charge in [0.2, 0.25) is 17.6 Å². The van der Waals surface area contributed by atoms with Gasteiger partial charge in [-0.15, -0.1) is 0 Å². The number of rotatable bonds is 7. The normalized spacial score (nSPS) is 14.4. The van der Waals surface area contributed by atoms with Crippen LogP contribution >= 0.6 is 0 Å². The Labute approximate surface area is 187 Å². The molecule has 0 saturated carbocycles. The van der Waals surface area contributed by atoms with Crippen molar-refractivity contribution in [1.82, 2.24) is 15.3 Å². The number of ether oxygens (including phenoxy) is 3. The first-order chi connectivity index (χ1) is 15.5. The Bertz CT molecular complexity index is 1080. The average Bonchev–Trinajstić information content (AvgIpc) is 3.25. The van der Waals surface area contributed by atoms with Gasteiger partial charge in [0.1, 0.15) is 0 Å². The number of anilines is 1. The lowest BCUT2D eigenvalue weighted by molar-refractivity contribution is -0.125. The van der Waals surface area contributed by atoms with Crippen molar-refractivity contribution in [2.75, 3.05) is 39.3 Å². The van der Waals surface area contributed by atoms with E-state index in [1.54, 1.807) is 21.3 Å².